The first kappa shape index (κ1) is 13.4. The van der Waals surface area contributed by atoms with E-state index in [2.05, 4.69) is 31.0 Å². The summed E-state index contributed by atoms with van der Waals surface area (Å²) < 4.78 is 0. The van der Waals surface area contributed by atoms with Crippen molar-refractivity contribution < 1.29 is 0 Å². The van der Waals surface area contributed by atoms with E-state index in [1.54, 1.807) is 0 Å². The molecule has 1 atom stereocenters. The first-order valence-electron chi connectivity index (χ1n) is 7.54. The van der Waals surface area contributed by atoms with E-state index < -0.39 is 0 Å². The van der Waals surface area contributed by atoms with Gasteiger partial charge in [0.05, 0.1) is 0 Å². The largest absolute Gasteiger partial charge is 0.312 e. The molecule has 1 heterocycles. The molecule has 1 aliphatic carbocycles. The van der Waals surface area contributed by atoms with Gasteiger partial charge in [0, 0.05) is 19.1 Å². The molecule has 2 heteroatoms. The average Bonchev–Trinajstić information content (AvgIpc) is 2.61. The van der Waals surface area contributed by atoms with Gasteiger partial charge in [0.15, 0.2) is 0 Å². The second-order valence-corrected chi connectivity index (χ2v) is 6.91. The number of piperidine rings is 1. The normalized spacial score (nSPS) is 30.9. The third kappa shape index (κ3) is 3.69. The fourth-order valence-electron chi connectivity index (χ4n) is 3.39. The first-order chi connectivity index (χ1) is 8.08. The summed E-state index contributed by atoms with van der Waals surface area (Å²) in [7, 11) is 0. The van der Waals surface area contributed by atoms with Crippen molar-refractivity contribution in [1.29, 1.82) is 0 Å². The lowest BCUT2D eigenvalue weighted by molar-refractivity contribution is 0.185. The molecule has 1 aliphatic heterocycles. The van der Waals surface area contributed by atoms with Gasteiger partial charge in [-0.1, -0.05) is 27.2 Å². The number of nitrogens with one attached hydrogen (secondary N) is 1. The van der Waals surface area contributed by atoms with Gasteiger partial charge in [-0.25, -0.2) is 0 Å². The summed E-state index contributed by atoms with van der Waals surface area (Å²) in [6, 6.07) is 0.756. The Morgan fingerprint density at radius 3 is 2.47 bits per heavy atom. The number of likely N-dealkylation sites (tertiary alicyclic amines) is 1. The van der Waals surface area contributed by atoms with Gasteiger partial charge in [0.2, 0.25) is 0 Å². The molecule has 2 nitrogen and oxygen atoms in total. The third-order valence-electron chi connectivity index (χ3n) is 4.95. The fraction of sp³-hybridized carbons (Fsp3) is 1.00. The maximum atomic E-state index is 3.79. The maximum Gasteiger partial charge on any atom is 0.0119 e. The highest BCUT2D eigenvalue weighted by Gasteiger charge is 2.33. The van der Waals surface area contributed by atoms with E-state index >= 15 is 0 Å². The lowest BCUT2D eigenvalue weighted by Crippen LogP contribution is -2.43. The van der Waals surface area contributed by atoms with Crippen LogP contribution in [0.4, 0.5) is 0 Å². The summed E-state index contributed by atoms with van der Waals surface area (Å²) in [6.07, 6.45) is 6.98. The molecule has 1 saturated heterocycles. The summed E-state index contributed by atoms with van der Waals surface area (Å²) in [4.78, 5) is 2.63. The Balaban J connectivity index is 1.63. The first-order valence-corrected chi connectivity index (χ1v) is 7.54. The Morgan fingerprint density at radius 2 is 1.88 bits per heavy atom. The van der Waals surface area contributed by atoms with Crippen molar-refractivity contribution in [3.63, 3.8) is 0 Å². The van der Waals surface area contributed by atoms with E-state index in [0.717, 1.165) is 12.0 Å². The van der Waals surface area contributed by atoms with Crippen molar-refractivity contribution in [3.8, 4) is 0 Å². The summed E-state index contributed by atoms with van der Waals surface area (Å²) >= 11 is 0. The quantitative estimate of drug-likeness (QED) is 0.810. The summed E-state index contributed by atoms with van der Waals surface area (Å²) in [6.45, 7) is 12.3. The molecule has 100 valence electrons. The molecule has 0 amide bonds. The Labute approximate surface area is 107 Å². The molecule has 0 aromatic heterocycles. The molecule has 0 aromatic carbocycles. The Morgan fingerprint density at radius 1 is 1.18 bits per heavy atom. The molecular formula is C15H30N2. The zero-order valence-electron chi connectivity index (χ0n) is 12.0. The van der Waals surface area contributed by atoms with Gasteiger partial charge in [-0.3, -0.25) is 0 Å². The van der Waals surface area contributed by atoms with Crippen molar-refractivity contribution in [3.05, 3.63) is 0 Å². The molecule has 1 unspecified atom stereocenters. The van der Waals surface area contributed by atoms with Gasteiger partial charge < -0.3 is 10.2 Å². The molecule has 2 rings (SSSR count). The van der Waals surface area contributed by atoms with Crippen LogP contribution in [-0.4, -0.2) is 37.1 Å². The zero-order valence-corrected chi connectivity index (χ0v) is 12.0. The van der Waals surface area contributed by atoms with Gasteiger partial charge >= 0.3 is 0 Å². The molecule has 0 bridgehead atoms. The van der Waals surface area contributed by atoms with Crippen LogP contribution in [-0.2, 0) is 0 Å². The lowest BCUT2D eigenvalue weighted by Gasteiger charge is -2.32. The molecular weight excluding hydrogens is 208 g/mol. The van der Waals surface area contributed by atoms with Crippen LogP contribution in [0, 0.1) is 11.3 Å². The zero-order chi connectivity index (χ0) is 12.3. The van der Waals surface area contributed by atoms with Crippen LogP contribution < -0.4 is 5.32 Å². The van der Waals surface area contributed by atoms with Crippen molar-refractivity contribution in [2.24, 2.45) is 11.3 Å². The minimum Gasteiger partial charge on any atom is -0.312 e. The van der Waals surface area contributed by atoms with Crippen LogP contribution in [0.1, 0.15) is 52.9 Å². The smallest absolute Gasteiger partial charge is 0.0119 e. The van der Waals surface area contributed by atoms with Gasteiger partial charge in [-0.2, -0.15) is 0 Å². The van der Waals surface area contributed by atoms with Gasteiger partial charge in [0.25, 0.3) is 0 Å². The number of hydrogen-bond acceptors (Lipinski definition) is 2. The number of nitrogens with zero attached hydrogens (tertiary/aromatic N) is 1. The lowest BCUT2D eigenvalue weighted by atomic mass is 9.87. The highest BCUT2D eigenvalue weighted by molar-refractivity contribution is 4.90. The van der Waals surface area contributed by atoms with Crippen LogP contribution in [0.2, 0.25) is 0 Å². The second-order valence-electron chi connectivity index (χ2n) is 6.91. The van der Waals surface area contributed by atoms with E-state index in [1.807, 2.05) is 0 Å². The summed E-state index contributed by atoms with van der Waals surface area (Å²) in [5, 5.41) is 3.79. The van der Waals surface area contributed by atoms with Gasteiger partial charge in [-0.15, -0.1) is 0 Å². The molecule has 2 fully saturated rings. The van der Waals surface area contributed by atoms with Crippen LogP contribution >= 0.6 is 0 Å². The Kier molecular flexibility index (Phi) is 4.48. The molecule has 0 radical (unpaired) electrons. The van der Waals surface area contributed by atoms with Gasteiger partial charge in [0.1, 0.15) is 0 Å². The summed E-state index contributed by atoms with van der Waals surface area (Å²) in [5.41, 5.74) is 0.524. The van der Waals surface area contributed by atoms with E-state index in [1.165, 1.54) is 58.3 Å². The predicted octanol–water partition coefficient (Wildman–Crippen LogP) is 2.89. The van der Waals surface area contributed by atoms with E-state index in [4.69, 9.17) is 0 Å². The molecule has 17 heavy (non-hydrogen) atoms. The SMILES string of the molecule is CC1CCN(CCNC2CCCC2(C)C)CC1. The van der Waals surface area contributed by atoms with Crippen molar-refractivity contribution >= 4 is 0 Å². The monoisotopic (exact) mass is 238 g/mol. The van der Waals surface area contributed by atoms with Crippen molar-refractivity contribution in [1.82, 2.24) is 10.2 Å². The number of rotatable bonds is 4. The van der Waals surface area contributed by atoms with Crippen molar-refractivity contribution in [2.75, 3.05) is 26.2 Å². The molecule has 0 spiro atoms. The average molecular weight is 238 g/mol. The van der Waals surface area contributed by atoms with E-state index in [9.17, 15) is 0 Å². The third-order valence-corrected chi connectivity index (χ3v) is 4.95. The maximum absolute atomic E-state index is 3.79. The summed E-state index contributed by atoms with van der Waals surface area (Å²) in [5.74, 6) is 0.952. The molecule has 1 N–H and O–H groups in total. The molecule has 1 saturated carbocycles. The molecule has 2 aliphatic rings. The predicted molar refractivity (Wildman–Crippen MR) is 74.3 cm³/mol. The Hall–Kier alpha value is -0.0800. The number of hydrogen-bond donors (Lipinski definition) is 1. The minimum absolute atomic E-state index is 0.524. The van der Waals surface area contributed by atoms with Gasteiger partial charge in [-0.05, 0) is 50.1 Å². The van der Waals surface area contributed by atoms with E-state index in [-0.39, 0.29) is 0 Å². The Bertz CT molecular complexity index is 229. The standard InChI is InChI=1S/C15H30N2/c1-13-6-10-17(11-7-13)12-9-16-14-5-4-8-15(14,2)3/h13-14,16H,4-12H2,1-3H3. The van der Waals surface area contributed by atoms with Crippen molar-refractivity contribution in [2.45, 2.75) is 58.9 Å². The fourth-order valence-corrected chi connectivity index (χ4v) is 3.39. The highest BCUT2D eigenvalue weighted by atomic mass is 15.1. The minimum atomic E-state index is 0.524. The molecule has 0 aromatic rings. The van der Waals surface area contributed by atoms with Crippen LogP contribution in [0.15, 0.2) is 0 Å². The van der Waals surface area contributed by atoms with E-state index in [0.29, 0.717) is 5.41 Å². The van der Waals surface area contributed by atoms with Crippen LogP contribution in [0.3, 0.4) is 0 Å². The second kappa shape index (κ2) is 5.71. The highest BCUT2D eigenvalue weighted by Crippen LogP contribution is 2.36. The topological polar surface area (TPSA) is 15.3 Å². The van der Waals surface area contributed by atoms with Crippen LogP contribution in [0.5, 0.6) is 0 Å². The van der Waals surface area contributed by atoms with Crippen LogP contribution in [0.25, 0.3) is 0 Å².